The van der Waals surface area contributed by atoms with Crippen LogP contribution in [-0.2, 0) is 30.5 Å². The molecule has 1 heterocycles. The Morgan fingerprint density at radius 1 is 0.909 bits per heavy atom. The Hall–Kier alpha value is -2.09. The minimum Gasteiger partial charge on any atom is -0.312 e. The Kier molecular flexibility index (Phi) is 3.45. The molecule has 2 nitrogen and oxygen atoms in total. The van der Waals surface area contributed by atoms with Crippen molar-refractivity contribution in [2.24, 2.45) is 0 Å². The smallest absolute Gasteiger partial charge is 0.231 e. The maximum atomic E-state index is 12.7. The summed E-state index contributed by atoms with van der Waals surface area (Å²) in [6, 6.07) is 14.9. The first kappa shape index (κ1) is 13.6. The summed E-state index contributed by atoms with van der Waals surface area (Å²) in [6.07, 6.45) is 6.44. The van der Waals surface area contributed by atoms with Gasteiger partial charge in [0, 0.05) is 12.2 Å². The number of anilines is 1. The van der Waals surface area contributed by atoms with Crippen molar-refractivity contribution in [3.05, 3.63) is 64.7 Å². The molecule has 0 aromatic heterocycles. The van der Waals surface area contributed by atoms with Crippen molar-refractivity contribution in [1.29, 1.82) is 0 Å². The molecule has 0 N–H and O–H groups in total. The topological polar surface area (TPSA) is 20.3 Å². The third kappa shape index (κ3) is 2.43. The van der Waals surface area contributed by atoms with Gasteiger partial charge in [0.15, 0.2) is 0 Å². The predicted molar refractivity (Wildman–Crippen MR) is 89.3 cm³/mol. The quantitative estimate of drug-likeness (QED) is 0.826. The largest absolute Gasteiger partial charge is 0.312 e. The number of aryl methyl sites for hydroxylation is 2. The summed E-state index contributed by atoms with van der Waals surface area (Å²) in [5.74, 6) is 0.223. The molecule has 2 aromatic rings. The van der Waals surface area contributed by atoms with Gasteiger partial charge in [-0.25, -0.2) is 0 Å². The van der Waals surface area contributed by atoms with Gasteiger partial charge in [-0.1, -0.05) is 36.4 Å². The van der Waals surface area contributed by atoms with Crippen LogP contribution in [0.25, 0.3) is 0 Å². The SMILES string of the molecule is O=C(Cc1ccc2c(c1)CCCC2)N1CCc2ccccc21. The first-order valence-corrected chi connectivity index (χ1v) is 8.30. The molecule has 0 radical (unpaired) electrons. The van der Waals surface area contributed by atoms with Crippen molar-refractivity contribution in [2.75, 3.05) is 11.4 Å². The summed E-state index contributed by atoms with van der Waals surface area (Å²) in [5.41, 5.74) is 6.49. The molecular formula is C20H21NO. The summed E-state index contributed by atoms with van der Waals surface area (Å²) in [4.78, 5) is 14.6. The number of nitrogens with zero attached hydrogens (tertiary/aromatic N) is 1. The zero-order valence-electron chi connectivity index (χ0n) is 12.8. The van der Waals surface area contributed by atoms with Crippen LogP contribution in [-0.4, -0.2) is 12.5 Å². The maximum Gasteiger partial charge on any atom is 0.231 e. The van der Waals surface area contributed by atoms with Crippen LogP contribution in [0, 0.1) is 0 Å². The second kappa shape index (κ2) is 5.60. The fourth-order valence-corrected chi connectivity index (χ4v) is 3.76. The average Bonchev–Trinajstić information content (AvgIpc) is 2.99. The summed E-state index contributed by atoms with van der Waals surface area (Å²) in [7, 11) is 0. The minimum absolute atomic E-state index is 0.223. The molecule has 112 valence electrons. The fourth-order valence-electron chi connectivity index (χ4n) is 3.76. The molecule has 0 atom stereocenters. The van der Waals surface area contributed by atoms with E-state index >= 15 is 0 Å². The van der Waals surface area contributed by atoms with Gasteiger partial charge in [-0.2, -0.15) is 0 Å². The van der Waals surface area contributed by atoms with Gasteiger partial charge >= 0.3 is 0 Å². The monoisotopic (exact) mass is 291 g/mol. The molecule has 0 spiro atoms. The lowest BCUT2D eigenvalue weighted by molar-refractivity contribution is -0.117. The highest BCUT2D eigenvalue weighted by Gasteiger charge is 2.24. The third-order valence-corrected chi connectivity index (χ3v) is 4.96. The number of carbonyl (C=O) groups excluding carboxylic acids is 1. The van der Waals surface area contributed by atoms with E-state index in [0.29, 0.717) is 6.42 Å². The molecule has 4 rings (SSSR count). The molecule has 2 aliphatic rings. The van der Waals surface area contributed by atoms with Gasteiger partial charge in [0.2, 0.25) is 5.91 Å². The van der Waals surface area contributed by atoms with Gasteiger partial charge in [-0.3, -0.25) is 4.79 Å². The van der Waals surface area contributed by atoms with E-state index in [0.717, 1.165) is 24.2 Å². The van der Waals surface area contributed by atoms with E-state index in [4.69, 9.17) is 0 Å². The van der Waals surface area contributed by atoms with Crippen molar-refractivity contribution in [2.45, 2.75) is 38.5 Å². The Balaban J connectivity index is 1.53. The normalized spacial score (nSPS) is 16.3. The van der Waals surface area contributed by atoms with Crippen molar-refractivity contribution >= 4 is 11.6 Å². The highest BCUT2D eigenvalue weighted by molar-refractivity contribution is 5.96. The number of amides is 1. The lowest BCUT2D eigenvalue weighted by Gasteiger charge is -2.19. The van der Waals surface area contributed by atoms with Crippen molar-refractivity contribution in [1.82, 2.24) is 0 Å². The van der Waals surface area contributed by atoms with E-state index in [-0.39, 0.29) is 5.91 Å². The van der Waals surface area contributed by atoms with Crippen LogP contribution in [0.4, 0.5) is 5.69 Å². The molecule has 22 heavy (non-hydrogen) atoms. The lowest BCUT2D eigenvalue weighted by atomic mass is 9.90. The van der Waals surface area contributed by atoms with E-state index in [9.17, 15) is 4.79 Å². The van der Waals surface area contributed by atoms with Gasteiger partial charge in [-0.15, -0.1) is 0 Å². The summed E-state index contributed by atoms with van der Waals surface area (Å²) in [6.45, 7) is 0.823. The maximum absolute atomic E-state index is 12.7. The average molecular weight is 291 g/mol. The summed E-state index contributed by atoms with van der Waals surface area (Å²) >= 11 is 0. The van der Waals surface area contributed by atoms with Crippen LogP contribution in [0.5, 0.6) is 0 Å². The second-order valence-electron chi connectivity index (χ2n) is 6.41. The molecular weight excluding hydrogens is 270 g/mol. The van der Waals surface area contributed by atoms with Gasteiger partial charge in [-0.05, 0) is 60.4 Å². The Labute approximate surface area is 131 Å². The van der Waals surface area contributed by atoms with Gasteiger partial charge in [0.05, 0.1) is 6.42 Å². The van der Waals surface area contributed by atoms with Gasteiger partial charge in [0.25, 0.3) is 0 Å². The van der Waals surface area contributed by atoms with E-state index < -0.39 is 0 Å². The number of hydrogen-bond acceptors (Lipinski definition) is 1. The van der Waals surface area contributed by atoms with Crippen molar-refractivity contribution in [3.8, 4) is 0 Å². The number of carbonyl (C=O) groups is 1. The van der Waals surface area contributed by atoms with E-state index in [1.54, 1.807) is 0 Å². The third-order valence-electron chi connectivity index (χ3n) is 4.96. The molecule has 0 saturated carbocycles. The van der Waals surface area contributed by atoms with E-state index in [1.807, 2.05) is 11.0 Å². The Morgan fingerprint density at radius 2 is 1.73 bits per heavy atom. The standard InChI is InChI=1S/C20H21NO/c22-20(21-12-11-17-6-3-4-8-19(17)21)14-15-9-10-16-5-1-2-7-18(16)13-15/h3-4,6,8-10,13H,1-2,5,7,11-12,14H2. The molecule has 2 aromatic carbocycles. The number of benzene rings is 2. The van der Waals surface area contributed by atoms with E-state index in [1.165, 1.54) is 42.4 Å². The fraction of sp³-hybridized carbons (Fsp3) is 0.350. The number of rotatable bonds is 2. The zero-order chi connectivity index (χ0) is 14.9. The lowest BCUT2D eigenvalue weighted by Crippen LogP contribution is -2.30. The number of hydrogen-bond donors (Lipinski definition) is 0. The molecule has 1 aliphatic heterocycles. The van der Waals surface area contributed by atoms with Crippen LogP contribution < -0.4 is 4.90 Å². The molecule has 0 bridgehead atoms. The molecule has 0 saturated heterocycles. The predicted octanol–water partition coefficient (Wildman–Crippen LogP) is 3.70. The van der Waals surface area contributed by atoms with Crippen LogP contribution >= 0.6 is 0 Å². The van der Waals surface area contributed by atoms with Crippen molar-refractivity contribution in [3.63, 3.8) is 0 Å². The summed E-state index contributed by atoms with van der Waals surface area (Å²) in [5, 5.41) is 0. The van der Waals surface area contributed by atoms with Crippen LogP contribution in [0.15, 0.2) is 42.5 Å². The van der Waals surface area contributed by atoms with Crippen molar-refractivity contribution < 1.29 is 4.79 Å². The first-order chi connectivity index (χ1) is 10.8. The van der Waals surface area contributed by atoms with Crippen LogP contribution in [0.1, 0.15) is 35.1 Å². The first-order valence-electron chi connectivity index (χ1n) is 8.30. The van der Waals surface area contributed by atoms with Gasteiger partial charge < -0.3 is 4.90 Å². The molecule has 2 heteroatoms. The van der Waals surface area contributed by atoms with Crippen LogP contribution in [0.3, 0.4) is 0 Å². The number of fused-ring (bicyclic) bond motifs is 2. The van der Waals surface area contributed by atoms with Gasteiger partial charge in [0.1, 0.15) is 0 Å². The Bertz CT molecular complexity index is 719. The highest BCUT2D eigenvalue weighted by Crippen LogP contribution is 2.28. The number of para-hydroxylation sites is 1. The van der Waals surface area contributed by atoms with Crippen LogP contribution in [0.2, 0.25) is 0 Å². The molecule has 1 aliphatic carbocycles. The molecule has 0 fully saturated rings. The minimum atomic E-state index is 0.223. The summed E-state index contributed by atoms with van der Waals surface area (Å²) < 4.78 is 0. The van der Waals surface area contributed by atoms with E-state index in [2.05, 4.69) is 36.4 Å². The molecule has 0 unspecified atom stereocenters. The highest BCUT2D eigenvalue weighted by atomic mass is 16.2. The zero-order valence-corrected chi connectivity index (χ0v) is 12.8. The Morgan fingerprint density at radius 3 is 2.64 bits per heavy atom. The molecule has 1 amide bonds. The second-order valence-corrected chi connectivity index (χ2v) is 6.41.